The van der Waals surface area contributed by atoms with Crippen molar-refractivity contribution in [1.29, 1.82) is 0 Å². The predicted molar refractivity (Wildman–Crippen MR) is 106 cm³/mol. The molecule has 0 unspecified atom stereocenters. The van der Waals surface area contributed by atoms with Crippen LogP contribution in [-0.2, 0) is 19.7 Å². The molecule has 0 spiro atoms. The van der Waals surface area contributed by atoms with Gasteiger partial charge in [0.25, 0.3) is 0 Å². The molecular formula is C23H32NO4+. The molecule has 28 heavy (non-hydrogen) atoms. The number of aliphatic carboxylic acids is 1. The van der Waals surface area contributed by atoms with Crippen molar-refractivity contribution in [1.82, 2.24) is 0 Å². The van der Waals surface area contributed by atoms with Crippen LogP contribution in [0, 0.1) is 5.92 Å². The van der Waals surface area contributed by atoms with E-state index in [9.17, 15) is 14.7 Å². The van der Waals surface area contributed by atoms with Gasteiger partial charge in [-0.15, -0.1) is 0 Å². The number of ether oxygens (including phenoxy) is 1. The molecule has 4 aliphatic rings. The van der Waals surface area contributed by atoms with Crippen molar-refractivity contribution in [3.05, 3.63) is 35.9 Å². The number of rotatable bonds is 5. The van der Waals surface area contributed by atoms with Gasteiger partial charge in [-0.25, -0.2) is 4.79 Å². The summed E-state index contributed by atoms with van der Waals surface area (Å²) in [7, 11) is 0. The van der Waals surface area contributed by atoms with E-state index in [1.807, 2.05) is 18.2 Å². The Hall–Kier alpha value is -1.88. The van der Waals surface area contributed by atoms with Crippen LogP contribution in [-0.4, -0.2) is 53.8 Å². The number of quaternary nitrogens is 1. The van der Waals surface area contributed by atoms with Gasteiger partial charge >= 0.3 is 11.9 Å². The van der Waals surface area contributed by atoms with Crippen molar-refractivity contribution < 1.29 is 23.9 Å². The third kappa shape index (κ3) is 3.69. The van der Waals surface area contributed by atoms with Crippen LogP contribution in [0.15, 0.2) is 30.3 Å². The lowest BCUT2D eigenvalue weighted by Gasteiger charge is -2.51. The molecule has 4 fully saturated rings. The van der Waals surface area contributed by atoms with Crippen LogP contribution in [0.1, 0.15) is 56.9 Å². The summed E-state index contributed by atoms with van der Waals surface area (Å²) in [5.41, 5.74) is 0.541. The molecule has 0 amide bonds. The first kappa shape index (κ1) is 19.4. The van der Waals surface area contributed by atoms with Gasteiger partial charge in [0, 0.05) is 18.8 Å². The molecule has 1 atom stereocenters. The average molecular weight is 387 g/mol. The summed E-state index contributed by atoms with van der Waals surface area (Å²) in [4.78, 5) is 25.0. The second-order valence-corrected chi connectivity index (χ2v) is 9.17. The number of hydrogen-bond acceptors (Lipinski definition) is 3. The number of carbonyl (C=O) groups is 2. The minimum atomic E-state index is -0.755. The van der Waals surface area contributed by atoms with Crippen molar-refractivity contribution in [2.45, 2.75) is 62.9 Å². The average Bonchev–Trinajstić information content (AvgIpc) is 2.96. The molecule has 0 radical (unpaired) electrons. The Kier molecular flexibility index (Phi) is 5.46. The monoisotopic (exact) mass is 386 g/mol. The molecule has 1 saturated carbocycles. The lowest BCUT2D eigenvalue weighted by atomic mass is 9.74. The maximum atomic E-state index is 13.6. The molecule has 3 aliphatic heterocycles. The molecule has 3 saturated heterocycles. The van der Waals surface area contributed by atoms with Crippen LogP contribution in [0.25, 0.3) is 0 Å². The van der Waals surface area contributed by atoms with Gasteiger partial charge in [0.2, 0.25) is 0 Å². The number of hydrogen-bond donors (Lipinski definition) is 1. The van der Waals surface area contributed by atoms with Gasteiger partial charge in [-0.2, -0.15) is 0 Å². The zero-order chi connectivity index (χ0) is 19.6. The van der Waals surface area contributed by atoms with Gasteiger partial charge in [-0.3, -0.25) is 4.79 Å². The number of fused-ring (bicyclic) bond motifs is 3. The lowest BCUT2D eigenvalue weighted by molar-refractivity contribution is -0.939. The molecule has 0 aromatic heterocycles. The summed E-state index contributed by atoms with van der Waals surface area (Å²) in [6.07, 6.45) is 7.93. The van der Waals surface area contributed by atoms with Gasteiger partial charge in [0.05, 0.1) is 18.5 Å². The Labute approximate surface area is 167 Å². The quantitative estimate of drug-likeness (QED) is 0.478. The highest BCUT2D eigenvalue weighted by Gasteiger charge is 2.51. The molecule has 1 aromatic carbocycles. The first-order chi connectivity index (χ1) is 13.5. The molecule has 5 nitrogen and oxygen atoms in total. The highest BCUT2D eigenvalue weighted by molar-refractivity contribution is 5.83. The van der Waals surface area contributed by atoms with Crippen LogP contribution in [0.2, 0.25) is 0 Å². The molecule has 1 N–H and O–H groups in total. The highest BCUT2D eigenvalue weighted by atomic mass is 16.5. The SMILES string of the molecule is O=C(O)C[N+]12CCC(CC1)[C@@H](OC(=O)C1(c3ccccc3)CCCCCC1)C2. The summed E-state index contributed by atoms with van der Waals surface area (Å²) < 4.78 is 6.81. The molecule has 1 aromatic rings. The minimum absolute atomic E-state index is 0.0761. The Morgan fingerprint density at radius 2 is 1.68 bits per heavy atom. The van der Waals surface area contributed by atoms with Gasteiger partial charge in [-0.1, -0.05) is 56.0 Å². The summed E-state index contributed by atoms with van der Waals surface area (Å²) >= 11 is 0. The molecular weight excluding hydrogens is 354 g/mol. The molecule has 2 bridgehead atoms. The third-order valence-corrected chi connectivity index (χ3v) is 7.44. The van der Waals surface area contributed by atoms with Crippen molar-refractivity contribution in [2.24, 2.45) is 5.92 Å². The Morgan fingerprint density at radius 1 is 1.04 bits per heavy atom. The third-order valence-electron chi connectivity index (χ3n) is 7.44. The van der Waals surface area contributed by atoms with E-state index >= 15 is 0 Å². The molecule has 1 aliphatic carbocycles. The smallest absolute Gasteiger partial charge is 0.359 e. The Morgan fingerprint density at radius 3 is 2.29 bits per heavy atom. The molecule has 5 heteroatoms. The number of piperidine rings is 3. The summed E-state index contributed by atoms with van der Waals surface area (Å²) in [5.74, 6) is -0.445. The molecule has 152 valence electrons. The van der Waals surface area contributed by atoms with E-state index in [-0.39, 0.29) is 18.6 Å². The van der Waals surface area contributed by atoms with Gasteiger partial charge in [0.1, 0.15) is 6.54 Å². The van der Waals surface area contributed by atoms with E-state index in [4.69, 9.17) is 4.74 Å². The van der Waals surface area contributed by atoms with E-state index in [0.29, 0.717) is 16.9 Å². The first-order valence-corrected chi connectivity index (χ1v) is 10.9. The van der Waals surface area contributed by atoms with E-state index in [0.717, 1.165) is 57.2 Å². The Bertz CT molecular complexity index is 701. The standard InChI is InChI=1S/C23H31NO4/c25-21(26)17-24-14-10-18(11-15-24)20(16-24)28-22(27)23(12-6-1-2-7-13-23)19-8-4-3-5-9-19/h3-5,8-9,18,20H,1-2,6-7,10-17H2/p+1/t18?,20-,24?/m0/s1. The molecule has 3 heterocycles. The maximum Gasteiger partial charge on any atom is 0.359 e. The van der Waals surface area contributed by atoms with Crippen molar-refractivity contribution in [2.75, 3.05) is 26.2 Å². The highest BCUT2D eigenvalue weighted by Crippen LogP contribution is 2.42. The van der Waals surface area contributed by atoms with Crippen LogP contribution in [0.4, 0.5) is 0 Å². The van der Waals surface area contributed by atoms with Gasteiger partial charge in [-0.05, 0) is 18.4 Å². The predicted octanol–water partition coefficient (Wildman–Crippen LogP) is 3.52. The van der Waals surface area contributed by atoms with Crippen LogP contribution in [0.3, 0.4) is 0 Å². The van der Waals surface area contributed by atoms with Crippen molar-refractivity contribution in [3.63, 3.8) is 0 Å². The second-order valence-electron chi connectivity index (χ2n) is 9.17. The fourth-order valence-electron chi connectivity index (χ4n) is 5.81. The van der Waals surface area contributed by atoms with Crippen LogP contribution < -0.4 is 0 Å². The summed E-state index contributed by atoms with van der Waals surface area (Å²) in [6, 6.07) is 10.2. The zero-order valence-electron chi connectivity index (χ0n) is 16.6. The molecule has 5 rings (SSSR count). The van der Waals surface area contributed by atoms with E-state index in [2.05, 4.69) is 12.1 Å². The van der Waals surface area contributed by atoms with Gasteiger partial charge in [0.15, 0.2) is 12.6 Å². The maximum absolute atomic E-state index is 13.6. The summed E-state index contributed by atoms with van der Waals surface area (Å²) in [6.45, 7) is 2.60. The van der Waals surface area contributed by atoms with E-state index < -0.39 is 11.4 Å². The topological polar surface area (TPSA) is 63.6 Å². The zero-order valence-corrected chi connectivity index (χ0v) is 16.6. The van der Waals surface area contributed by atoms with Crippen molar-refractivity contribution in [3.8, 4) is 0 Å². The second kappa shape index (κ2) is 7.86. The van der Waals surface area contributed by atoms with Crippen molar-refractivity contribution >= 4 is 11.9 Å². The fourth-order valence-corrected chi connectivity index (χ4v) is 5.81. The summed E-state index contributed by atoms with van der Waals surface area (Å²) in [5, 5.41) is 9.35. The van der Waals surface area contributed by atoms with Crippen LogP contribution in [0.5, 0.6) is 0 Å². The number of carboxylic acid groups (broad SMARTS) is 1. The number of nitrogens with zero attached hydrogens (tertiary/aromatic N) is 1. The van der Waals surface area contributed by atoms with E-state index in [1.165, 1.54) is 12.8 Å². The number of carbonyl (C=O) groups excluding carboxylic acids is 1. The van der Waals surface area contributed by atoms with Crippen LogP contribution >= 0.6 is 0 Å². The van der Waals surface area contributed by atoms with E-state index in [1.54, 1.807) is 0 Å². The number of esters is 1. The fraction of sp³-hybridized carbons (Fsp3) is 0.652. The number of carboxylic acids is 1. The largest absolute Gasteiger partial charge is 0.477 e. The normalized spacial score (nSPS) is 31.7. The minimum Gasteiger partial charge on any atom is -0.477 e. The number of benzene rings is 1. The first-order valence-electron chi connectivity index (χ1n) is 10.9. The Balaban J connectivity index is 1.56. The van der Waals surface area contributed by atoms with Gasteiger partial charge < -0.3 is 14.3 Å². The lowest BCUT2D eigenvalue weighted by Crippen LogP contribution is -2.66.